The lowest BCUT2D eigenvalue weighted by atomic mass is 10.1. The predicted octanol–water partition coefficient (Wildman–Crippen LogP) is 2.02. The van der Waals surface area contributed by atoms with Crippen LogP contribution in [0.3, 0.4) is 0 Å². The quantitative estimate of drug-likeness (QED) is 0.861. The van der Waals surface area contributed by atoms with Crippen molar-refractivity contribution in [2.75, 3.05) is 19.7 Å². The zero-order chi connectivity index (χ0) is 17.9. The van der Waals surface area contributed by atoms with Gasteiger partial charge in [0.2, 0.25) is 5.91 Å². The van der Waals surface area contributed by atoms with Crippen LogP contribution in [0, 0.1) is 0 Å². The maximum absolute atomic E-state index is 12.7. The molecule has 1 fully saturated rings. The van der Waals surface area contributed by atoms with Crippen LogP contribution < -0.4 is 4.72 Å². The molecule has 0 saturated carbocycles. The third-order valence-corrected chi connectivity index (χ3v) is 6.95. The number of amides is 1. The van der Waals surface area contributed by atoms with Crippen LogP contribution in [0.5, 0.6) is 0 Å². The molecule has 1 aromatic carbocycles. The van der Waals surface area contributed by atoms with Crippen molar-refractivity contribution >= 4 is 27.3 Å². The Morgan fingerprint density at radius 3 is 2.72 bits per heavy atom. The molecule has 2 aromatic rings. The van der Waals surface area contributed by atoms with Gasteiger partial charge in [0, 0.05) is 6.54 Å². The summed E-state index contributed by atoms with van der Waals surface area (Å²) in [6, 6.07) is 12.1. The minimum atomic E-state index is -3.68. The Kier molecular flexibility index (Phi) is 5.53. The second kappa shape index (κ2) is 7.65. The van der Waals surface area contributed by atoms with Crippen LogP contribution in [0.1, 0.15) is 18.6 Å². The Hall–Kier alpha value is -1.74. The highest BCUT2D eigenvalue weighted by molar-refractivity contribution is 7.91. The molecule has 1 aliphatic heterocycles. The first-order valence-corrected chi connectivity index (χ1v) is 10.3. The monoisotopic (exact) mass is 380 g/mol. The first-order chi connectivity index (χ1) is 12.0. The number of carbonyl (C=O) groups is 1. The second-order valence-electron chi connectivity index (χ2n) is 5.83. The van der Waals surface area contributed by atoms with Crippen molar-refractivity contribution < 1.29 is 17.9 Å². The van der Waals surface area contributed by atoms with E-state index >= 15 is 0 Å². The van der Waals surface area contributed by atoms with Crippen LogP contribution in [-0.4, -0.2) is 45.0 Å². The maximum Gasteiger partial charge on any atom is 0.250 e. The fourth-order valence-electron chi connectivity index (χ4n) is 2.75. The molecule has 2 atom stereocenters. The first kappa shape index (κ1) is 18.1. The van der Waals surface area contributed by atoms with Gasteiger partial charge in [-0.25, -0.2) is 8.42 Å². The van der Waals surface area contributed by atoms with Crippen LogP contribution in [0.15, 0.2) is 52.1 Å². The molecule has 0 radical (unpaired) electrons. The molecule has 0 spiro atoms. The van der Waals surface area contributed by atoms with Crippen LogP contribution in [0.25, 0.3) is 0 Å². The van der Waals surface area contributed by atoms with Crippen LogP contribution in [-0.2, 0) is 19.6 Å². The van der Waals surface area contributed by atoms with Crippen molar-refractivity contribution in [1.82, 2.24) is 9.62 Å². The largest absolute Gasteiger partial charge is 0.370 e. The minimum absolute atomic E-state index is 0.194. The van der Waals surface area contributed by atoms with E-state index in [2.05, 4.69) is 4.72 Å². The van der Waals surface area contributed by atoms with Crippen LogP contribution in [0.4, 0.5) is 0 Å². The number of thiophene rings is 1. The summed E-state index contributed by atoms with van der Waals surface area (Å²) in [5.41, 5.74) is 1.01. The van der Waals surface area contributed by atoms with E-state index in [1.165, 1.54) is 6.07 Å². The van der Waals surface area contributed by atoms with Gasteiger partial charge in [-0.1, -0.05) is 36.4 Å². The summed E-state index contributed by atoms with van der Waals surface area (Å²) in [7, 11) is -3.68. The van der Waals surface area contributed by atoms with E-state index in [0.717, 1.165) is 16.9 Å². The summed E-state index contributed by atoms with van der Waals surface area (Å²) >= 11 is 1.12. The highest BCUT2D eigenvalue weighted by Crippen LogP contribution is 2.22. The van der Waals surface area contributed by atoms with E-state index in [1.807, 2.05) is 30.3 Å². The molecule has 1 unspecified atom stereocenters. The third kappa shape index (κ3) is 4.27. The van der Waals surface area contributed by atoms with E-state index in [9.17, 15) is 13.2 Å². The molecule has 0 aliphatic carbocycles. The van der Waals surface area contributed by atoms with Crippen LogP contribution >= 0.6 is 11.3 Å². The van der Waals surface area contributed by atoms with Gasteiger partial charge in [-0.05, 0) is 23.9 Å². The van der Waals surface area contributed by atoms with Crippen molar-refractivity contribution in [2.45, 2.75) is 23.3 Å². The second-order valence-corrected chi connectivity index (χ2v) is 8.72. The number of hydrogen-bond donors (Lipinski definition) is 1. The number of rotatable bonds is 5. The van der Waals surface area contributed by atoms with E-state index in [4.69, 9.17) is 4.74 Å². The van der Waals surface area contributed by atoms with Gasteiger partial charge in [0.15, 0.2) is 0 Å². The van der Waals surface area contributed by atoms with E-state index in [-0.39, 0.29) is 16.2 Å². The smallest absolute Gasteiger partial charge is 0.250 e. The summed E-state index contributed by atoms with van der Waals surface area (Å²) in [5.74, 6) is -0.246. The fourth-order valence-corrected chi connectivity index (χ4v) is 4.96. The molecular weight excluding hydrogens is 360 g/mol. The molecule has 1 amide bonds. The molecule has 1 N–H and O–H groups in total. The Morgan fingerprint density at radius 1 is 1.28 bits per heavy atom. The number of hydrogen-bond acceptors (Lipinski definition) is 5. The average molecular weight is 380 g/mol. The number of sulfonamides is 1. The highest BCUT2D eigenvalue weighted by atomic mass is 32.2. The summed E-state index contributed by atoms with van der Waals surface area (Å²) < 4.78 is 33.0. The van der Waals surface area contributed by atoms with Crippen molar-refractivity contribution in [3.63, 3.8) is 0 Å². The van der Waals surface area contributed by atoms with Gasteiger partial charge in [0.1, 0.15) is 10.3 Å². The minimum Gasteiger partial charge on any atom is -0.370 e. The van der Waals surface area contributed by atoms with Gasteiger partial charge in [-0.2, -0.15) is 4.72 Å². The molecule has 25 heavy (non-hydrogen) atoms. The molecule has 6 nitrogen and oxygen atoms in total. The van der Waals surface area contributed by atoms with Crippen molar-refractivity contribution in [1.29, 1.82) is 0 Å². The van der Waals surface area contributed by atoms with Gasteiger partial charge in [0.05, 0.1) is 19.2 Å². The number of morpholine rings is 1. The molecule has 1 saturated heterocycles. The van der Waals surface area contributed by atoms with E-state index in [1.54, 1.807) is 23.3 Å². The lowest BCUT2D eigenvalue weighted by molar-refractivity contribution is -0.140. The summed E-state index contributed by atoms with van der Waals surface area (Å²) in [6.07, 6.45) is -0.194. The van der Waals surface area contributed by atoms with Crippen LogP contribution in [0.2, 0.25) is 0 Å². The van der Waals surface area contributed by atoms with Gasteiger partial charge in [0.25, 0.3) is 10.0 Å². The molecule has 1 aliphatic rings. The lowest BCUT2D eigenvalue weighted by Crippen LogP contribution is -2.50. The molecule has 1 aromatic heterocycles. The van der Waals surface area contributed by atoms with E-state index in [0.29, 0.717) is 19.7 Å². The first-order valence-electron chi connectivity index (χ1n) is 7.98. The molecule has 3 rings (SSSR count). The van der Waals surface area contributed by atoms with Crippen molar-refractivity contribution in [3.05, 3.63) is 53.4 Å². The molecule has 8 heteroatoms. The fraction of sp³-hybridized carbons (Fsp3) is 0.353. The predicted molar refractivity (Wildman–Crippen MR) is 95.8 cm³/mol. The van der Waals surface area contributed by atoms with Crippen molar-refractivity contribution in [2.24, 2.45) is 0 Å². The third-order valence-electron chi connectivity index (χ3n) is 4.01. The summed E-state index contributed by atoms with van der Waals surface area (Å²) in [5, 5.41) is 1.69. The Bertz CT molecular complexity index is 806. The van der Waals surface area contributed by atoms with Gasteiger partial charge in [-0.15, -0.1) is 11.3 Å². The van der Waals surface area contributed by atoms with Crippen molar-refractivity contribution in [3.8, 4) is 0 Å². The van der Waals surface area contributed by atoms with Gasteiger partial charge >= 0.3 is 0 Å². The number of nitrogens with one attached hydrogen (secondary N) is 1. The number of benzene rings is 1. The SMILES string of the molecule is C[C@@H](NS(=O)(=O)c1cccs1)C(=O)N1CCOC(c2ccccc2)C1. The Morgan fingerprint density at radius 2 is 2.04 bits per heavy atom. The topological polar surface area (TPSA) is 75.7 Å². The lowest BCUT2D eigenvalue weighted by Gasteiger charge is -2.34. The Balaban J connectivity index is 1.66. The summed E-state index contributed by atoms with van der Waals surface area (Å²) in [4.78, 5) is 14.3. The average Bonchev–Trinajstić information content (AvgIpc) is 3.17. The standard InChI is InChI=1S/C17H20N2O4S2/c1-13(18-25(21,22)16-8-5-11-24-16)17(20)19-9-10-23-15(12-19)14-6-3-2-4-7-14/h2-8,11,13,15,18H,9-10,12H2,1H3/t13-,15?/m1/s1. The number of carbonyl (C=O) groups excluding carboxylic acids is 1. The zero-order valence-electron chi connectivity index (χ0n) is 13.8. The number of nitrogens with zero attached hydrogens (tertiary/aromatic N) is 1. The molecule has 2 heterocycles. The van der Waals surface area contributed by atoms with E-state index < -0.39 is 16.1 Å². The zero-order valence-corrected chi connectivity index (χ0v) is 15.4. The normalized spacial score (nSPS) is 19.6. The van der Waals surface area contributed by atoms with Gasteiger partial charge in [-0.3, -0.25) is 4.79 Å². The molecule has 0 bridgehead atoms. The molecule has 134 valence electrons. The Labute approximate surface area is 151 Å². The van der Waals surface area contributed by atoms with Gasteiger partial charge < -0.3 is 9.64 Å². The number of ether oxygens (including phenoxy) is 1. The molecular formula is C17H20N2O4S2. The maximum atomic E-state index is 12.7. The summed E-state index contributed by atoms with van der Waals surface area (Å²) in [6.45, 7) is 2.86. The highest BCUT2D eigenvalue weighted by Gasteiger charge is 2.30.